The maximum Gasteiger partial charge on any atom is 0.238 e. The van der Waals surface area contributed by atoms with Gasteiger partial charge in [-0.05, 0) is 24.3 Å². The number of carbonyl (C=O) groups excluding carboxylic acids is 1. The van der Waals surface area contributed by atoms with Gasteiger partial charge in [0.05, 0.1) is 16.3 Å². The minimum absolute atomic E-state index is 0.00249. The molecule has 0 fully saturated rings. The summed E-state index contributed by atoms with van der Waals surface area (Å²) in [6.07, 6.45) is 0.268. The fraction of sp³-hybridized carbons (Fsp3) is 0.0833. The van der Waals surface area contributed by atoms with E-state index in [0.29, 0.717) is 11.4 Å². The molecule has 0 radical (unpaired) electrons. The van der Waals surface area contributed by atoms with Gasteiger partial charge in [0.25, 0.3) is 0 Å². The number of primary sulfonamides is 1. The Morgan fingerprint density at radius 1 is 0.909 bits per heavy atom. The quantitative estimate of drug-likeness (QED) is 0.322. The second-order valence-corrected chi connectivity index (χ2v) is 9.86. The van der Waals surface area contributed by atoms with Crippen molar-refractivity contribution in [1.29, 1.82) is 0 Å². The Kier molecular flexibility index (Phi) is 6.93. The Bertz CT molecular complexity index is 1280. The van der Waals surface area contributed by atoms with Gasteiger partial charge in [0.2, 0.25) is 15.9 Å². The van der Waals surface area contributed by atoms with Crippen molar-refractivity contribution in [2.75, 3.05) is 11.1 Å². The molecule has 0 atom stereocenters. The summed E-state index contributed by atoms with van der Waals surface area (Å²) in [5, 5.41) is 8.58. The predicted molar refractivity (Wildman–Crippen MR) is 131 cm³/mol. The summed E-state index contributed by atoms with van der Waals surface area (Å²) in [6.45, 7) is 0. The van der Waals surface area contributed by atoms with Gasteiger partial charge in [-0.2, -0.15) is 0 Å². The van der Waals surface area contributed by atoms with E-state index in [1.807, 2.05) is 60.7 Å². The van der Waals surface area contributed by atoms with Crippen molar-refractivity contribution in [3.05, 3.63) is 84.9 Å². The first-order valence-electron chi connectivity index (χ1n) is 10.2. The number of nitrogens with one attached hydrogen (secondary N) is 2. The van der Waals surface area contributed by atoms with E-state index < -0.39 is 10.0 Å². The monoisotopic (exact) mass is 478 g/mol. The number of anilines is 1. The van der Waals surface area contributed by atoms with Gasteiger partial charge in [-0.3, -0.25) is 4.79 Å². The number of nitrogens with zero attached hydrogens (tertiary/aromatic N) is 1. The molecule has 7 nitrogen and oxygen atoms in total. The molecule has 1 heterocycles. The van der Waals surface area contributed by atoms with Gasteiger partial charge in [-0.25, -0.2) is 18.5 Å². The van der Waals surface area contributed by atoms with E-state index in [2.05, 4.69) is 10.3 Å². The fourth-order valence-electron chi connectivity index (χ4n) is 3.23. The molecule has 0 aliphatic heterocycles. The maximum atomic E-state index is 12.3. The number of sulfonamides is 1. The van der Waals surface area contributed by atoms with E-state index in [1.165, 1.54) is 36.0 Å². The molecule has 1 amide bonds. The van der Waals surface area contributed by atoms with Gasteiger partial charge in [-0.15, -0.1) is 0 Å². The highest BCUT2D eigenvalue weighted by Gasteiger charge is 2.15. The van der Waals surface area contributed by atoms with E-state index in [9.17, 15) is 13.2 Å². The van der Waals surface area contributed by atoms with Crippen molar-refractivity contribution in [2.24, 2.45) is 5.14 Å². The van der Waals surface area contributed by atoms with Crippen LogP contribution >= 0.6 is 11.8 Å². The van der Waals surface area contributed by atoms with Crippen LogP contribution in [0.15, 0.2) is 95.0 Å². The topological polar surface area (TPSA) is 118 Å². The fourth-order valence-corrected chi connectivity index (χ4v) is 4.56. The average Bonchev–Trinajstić information content (AvgIpc) is 3.24. The summed E-state index contributed by atoms with van der Waals surface area (Å²) in [7, 11) is -3.76. The SMILES string of the molecule is NS(=O)(=O)c1ccc(NC(=O)CCSc2nc(-c3ccccc3)c(-c3ccccc3)[nH]2)cc1. The molecule has 0 saturated heterocycles. The molecule has 0 bridgehead atoms. The maximum absolute atomic E-state index is 12.3. The minimum atomic E-state index is -3.76. The van der Waals surface area contributed by atoms with Crippen LogP contribution in [0.4, 0.5) is 5.69 Å². The van der Waals surface area contributed by atoms with Crippen LogP contribution in [0.25, 0.3) is 22.5 Å². The zero-order valence-electron chi connectivity index (χ0n) is 17.6. The smallest absolute Gasteiger partial charge is 0.238 e. The van der Waals surface area contributed by atoms with Gasteiger partial charge in [0.1, 0.15) is 0 Å². The van der Waals surface area contributed by atoms with Crippen LogP contribution in [0.3, 0.4) is 0 Å². The van der Waals surface area contributed by atoms with Gasteiger partial charge in [0.15, 0.2) is 5.16 Å². The number of imidazole rings is 1. The highest BCUT2D eigenvalue weighted by Crippen LogP contribution is 2.32. The molecule has 168 valence electrons. The van der Waals surface area contributed by atoms with Crippen molar-refractivity contribution in [3.8, 4) is 22.5 Å². The van der Waals surface area contributed by atoms with Crippen LogP contribution in [-0.4, -0.2) is 30.0 Å². The number of H-pyrrole nitrogens is 1. The third kappa shape index (κ3) is 5.89. The van der Waals surface area contributed by atoms with Crippen LogP contribution in [-0.2, 0) is 14.8 Å². The highest BCUT2D eigenvalue weighted by atomic mass is 32.2. The van der Waals surface area contributed by atoms with Crippen LogP contribution in [0.1, 0.15) is 6.42 Å². The Hall–Kier alpha value is -3.40. The number of carbonyl (C=O) groups is 1. The van der Waals surface area contributed by atoms with Crippen LogP contribution in [0, 0.1) is 0 Å². The van der Waals surface area contributed by atoms with Gasteiger partial charge >= 0.3 is 0 Å². The first kappa shape index (κ1) is 22.8. The number of benzene rings is 3. The van der Waals surface area contributed by atoms with Crippen LogP contribution in [0.5, 0.6) is 0 Å². The Balaban J connectivity index is 1.41. The van der Waals surface area contributed by atoms with E-state index in [0.717, 1.165) is 27.7 Å². The second kappa shape index (κ2) is 10.0. The van der Waals surface area contributed by atoms with E-state index in [-0.39, 0.29) is 17.2 Å². The van der Waals surface area contributed by atoms with Crippen molar-refractivity contribution < 1.29 is 13.2 Å². The number of amides is 1. The van der Waals surface area contributed by atoms with Gasteiger partial charge < -0.3 is 10.3 Å². The number of aromatic nitrogens is 2. The molecule has 0 saturated carbocycles. The normalized spacial score (nSPS) is 11.3. The number of hydrogen-bond donors (Lipinski definition) is 3. The molecule has 0 aliphatic carbocycles. The lowest BCUT2D eigenvalue weighted by Gasteiger charge is -2.05. The minimum Gasteiger partial charge on any atom is -0.332 e. The van der Waals surface area contributed by atoms with Gasteiger partial charge in [0, 0.05) is 29.0 Å². The molecule has 4 aromatic rings. The molecule has 9 heteroatoms. The van der Waals surface area contributed by atoms with Crippen LogP contribution in [0.2, 0.25) is 0 Å². The summed E-state index contributed by atoms with van der Waals surface area (Å²) in [6, 6.07) is 25.7. The molecular weight excluding hydrogens is 456 g/mol. The predicted octanol–water partition coefficient (Wildman–Crippen LogP) is 4.51. The number of aromatic amines is 1. The molecule has 33 heavy (non-hydrogen) atoms. The third-order valence-corrected chi connectivity index (χ3v) is 6.63. The van der Waals surface area contributed by atoms with Crippen molar-refractivity contribution >= 4 is 33.4 Å². The molecule has 0 spiro atoms. The van der Waals surface area contributed by atoms with Crippen molar-refractivity contribution in [3.63, 3.8) is 0 Å². The molecule has 0 aliphatic rings. The molecule has 0 unspecified atom stereocenters. The molecule has 4 rings (SSSR count). The summed E-state index contributed by atoms with van der Waals surface area (Å²) in [4.78, 5) is 20.5. The second-order valence-electron chi connectivity index (χ2n) is 7.21. The zero-order chi connectivity index (χ0) is 23.3. The molecule has 1 aromatic heterocycles. The van der Waals surface area contributed by atoms with Crippen molar-refractivity contribution in [2.45, 2.75) is 16.5 Å². The first-order chi connectivity index (χ1) is 15.9. The number of thioether (sulfide) groups is 1. The summed E-state index contributed by atoms with van der Waals surface area (Å²) < 4.78 is 22.7. The lowest BCUT2D eigenvalue weighted by Crippen LogP contribution is -2.14. The average molecular weight is 479 g/mol. The van der Waals surface area contributed by atoms with Crippen LogP contribution < -0.4 is 10.5 Å². The third-order valence-electron chi connectivity index (χ3n) is 4.83. The Morgan fingerprint density at radius 2 is 1.52 bits per heavy atom. The van der Waals surface area contributed by atoms with Crippen molar-refractivity contribution in [1.82, 2.24) is 9.97 Å². The number of hydrogen-bond acceptors (Lipinski definition) is 5. The Labute approximate surface area is 196 Å². The van der Waals surface area contributed by atoms with Gasteiger partial charge in [-0.1, -0.05) is 72.4 Å². The standard InChI is InChI=1S/C24H22N4O3S2/c25-33(30,31)20-13-11-19(12-14-20)26-21(29)15-16-32-24-27-22(17-7-3-1-4-8-17)23(28-24)18-9-5-2-6-10-18/h1-14H,15-16H2,(H,26,29)(H,27,28)(H2,25,30,31). The summed E-state index contributed by atoms with van der Waals surface area (Å²) in [5.74, 6) is 0.348. The number of nitrogens with two attached hydrogens (primary N) is 1. The first-order valence-corrected chi connectivity index (χ1v) is 12.7. The molecule has 3 aromatic carbocycles. The van der Waals surface area contributed by atoms with E-state index >= 15 is 0 Å². The zero-order valence-corrected chi connectivity index (χ0v) is 19.2. The lowest BCUT2D eigenvalue weighted by atomic mass is 10.1. The molecular formula is C24H22N4O3S2. The molecule has 4 N–H and O–H groups in total. The van der Waals surface area contributed by atoms with E-state index in [4.69, 9.17) is 10.1 Å². The highest BCUT2D eigenvalue weighted by molar-refractivity contribution is 7.99. The summed E-state index contributed by atoms with van der Waals surface area (Å²) in [5.41, 5.74) is 4.36. The Morgan fingerprint density at radius 3 is 2.12 bits per heavy atom. The largest absolute Gasteiger partial charge is 0.332 e. The number of rotatable bonds is 8. The van der Waals surface area contributed by atoms with E-state index in [1.54, 1.807) is 0 Å². The lowest BCUT2D eigenvalue weighted by molar-refractivity contribution is -0.115. The summed E-state index contributed by atoms with van der Waals surface area (Å²) >= 11 is 1.47.